The molecule has 0 spiro atoms. The highest BCUT2D eigenvalue weighted by molar-refractivity contribution is 6.02. The Bertz CT molecular complexity index is 1470. The van der Waals surface area contributed by atoms with E-state index in [1.807, 2.05) is 29.2 Å². The van der Waals surface area contributed by atoms with Crippen molar-refractivity contribution in [1.82, 2.24) is 4.90 Å². The second kappa shape index (κ2) is 11.2. The fraction of sp³-hybridized carbons (Fsp3) is 0.310. The van der Waals surface area contributed by atoms with Gasteiger partial charge in [-0.05, 0) is 36.4 Å². The predicted octanol–water partition coefficient (Wildman–Crippen LogP) is 5.71. The highest BCUT2D eigenvalue weighted by Crippen LogP contribution is 2.46. The Morgan fingerprint density at radius 3 is 2.34 bits per heavy atom. The van der Waals surface area contributed by atoms with Gasteiger partial charge in [0.25, 0.3) is 0 Å². The number of guanidine groups is 1. The summed E-state index contributed by atoms with van der Waals surface area (Å²) in [5.74, 6) is -0.910. The van der Waals surface area contributed by atoms with Gasteiger partial charge in [0.05, 0.1) is 37.9 Å². The maximum atomic E-state index is 15.1. The summed E-state index contributed by atoms with van der Waals surface area (Å²) in [6.07, 6.45) is -5.18. The molecule has 0 bridgehead atoms. The first-order valence-corrected chi connectivity index (χ1v) is 12.9. The van der Waals surface area contributed by atoms with E-state index in [2.05, 4.69) is 9.89 Å². The number of hydrogen-bond acceptors (Lipinski definition) is 7. The van der Waals surface area contributed by atoms with Crippen LogP contribution in [-0.2, 0) is 11.0 Å². The SMILES string of the molecule is COc1cccc(N2CCN(C3=Nc4c(F)cccc4[C@@H](CC(=O)O)N3c3cc(C(F)(F)F)ccc3OC)CC2)c1. The van der Waals surface area contributed by atoms with Crippen LogP contribution in [-0.4, -0.2) is 62.3 Å². The van der Waals surface area contributed by atoms with Crippen LogP contribution >= 0.6 is 0 Å². The number of ether oxygens (including phenoxy) is 2. The summed E-state index contributed by atoms with van der Waals surface area (Å²) in [5, 5.41) is 9.83. The number of hydrogen-bond donors (Lipinski definition) is 1. The summed E-state index contributed by atoms with van der Waals surface area (Å²) in [6.45, 7) is 1.82. The van der Waals surface area contributed by atoms with Crippen molar-refractivity contribution in [2.75, 3.05) is 50.2 Å². The molecule has 41 heavy (non-hydrogen) atoms. The molecule has 5 rings (SSSR count). The maximum absolute atomic E-state index is 15.1. The number of fused-ring (bicyclic) bond motifs is 1. The van der Waals surface area contributed by atoms with Crippen molar-refractivity contribution in [2.24, 2.45) is 4.99 Å². The number of aliphatic carboxylic acids is 1. The van der Waals surface area contributed by atoms with E-state index in [4.69, 9.17) is 9.47 Å². The van der Waals surface area contributed by atoms with Crippen molar-refractivity contribution < 1.29 is 36.9 Å². The van der Waals surface area contributed by atoms with E-state index >= 15 is 4.39 Å². The molecule has 0 amide bonds. The number of benzene rings is 3. The number of nitrogens with zero attached hydrogens (tertiary/aromatic N) is 4. The molecule has 0 aliphatic carbocycles. The average molecular weight is 573 g/mol. The number of anilines is 2. The Balaban J connectivity index is 1.60. The van der Waals surface area contributed by atoms with Crippen LogP contribution in [0.15, 0.2) is 65.7 Å². The quantitative estimate of drug-likeness (QED) is 0.380. The van der Waals surface area contributed by atoms with Crippen LogP contribution in [0.1, 0.15) is 23.6 Å². The van der Waals surface area contributed by atoms with Crippen molar-refractivity contribution in [3.05, 3.63) is 77.6 Å². The number of aliphatic imine (C=N–C) groups is 1. The summed E-state index contributed by atoms with van der Waals surface area (Å²) in [6, 6.07) is 13.7. The lowest BCUT2D eigenvalue weighted by Gasteiger charge is -2.45. The molecular formula is C29H28F4N4O4. The average Bonchev–Trinajstić information content (AvgIpc) is 2.96. The van der Waals surface area contributed by atoms with Gasteiger partial charge in [0.2, 0.25) is 5.96 Å². The van der Waals surface area contributed by atoms with E-state index in [-0.39, 0.29) is 28.6 Å². The third kappa shape index (κ3) is 5.59. The maximum Gasteiger partial charge on any atom is 0.416 e. The van der Waals surface area contributed by atoms with Crippen LogP contribution in [0.4, 0.5) is 34.6 Å². The molecule has 1 atom stereocenters. The lowest BCUT2D eigenvalue weighted by Crippen LogP contribution is -2.55. The minimum absolute atomic E-state index is 0.0162. The Kier molecular flexibility index (Phi) is 7.65. The van der Waals surface area contributed by atoms with Crippen molar-refractivity contribution in [3.8, 4) is 11.5 Å². The van der Waals surface area contributed by atoms with Gasteiger partial charge in [-0.15, -0.1) is 0 Å². The second-order valence-corrected chi connectivity index (χ2v) is 9.63. The number of carboxylic acid groups (broad SMARTS) is 1. The lowest BCUT2D eigenvalue weighted by molar-refractivity contribution is -0.138. The minimum Gasteiger partial charge on any atom is -0.497 e. The topological polar surface area (TPSA) is 77.8 Å². The molecule has 1 N–H and O–H groups in total. The Morgan fingerprint density at radius 1 is 0.976 bits per heavy atom. The summed E-state index contributed by atoms with van der Waals surface area (Å²) in [4.78, 5) is 22.0. The van der Waals surface area contributed by atoms with Crippen LogP contribution in [0.5, 0.6) is 11.5 Å². The zero-order chi connectivity index (χ0) is 29.3. The van der Waals surface area contributed by atoms with Crippen LogP contribution in [0.25, 0.3) is 0 Å². The van der Waals surface area contributed by atoms with Crippen LogP contribution < -0.4 is 19.3 Å². The molecule has 0 unspecified atom stereocenters. The first kappa shape index (κ1) is 28.1. The largest absolute Gasteiger partial charge is 0.497 e. The number of carbonyl (C=O) groups is 1. The monoisotopic (exact) mass is 572 g/mol. The fourth-order valence-corrected chi connectivity index (χ4v) is 5.24. The van der Waals surface area contributed by atoms with E-state index in [1.54, 1.807) is 13.2 Å². The van der Waals surface area contributed by atoms with Gasteiger partial charge >= 0.3 is 12.1 Å². The molecule has 0 radical (unpaired) electrons. The second-order valence-electron chi connectivity index (χ2n) is 9.63. The van der Waals surface area contributed by atoms with Gasteiger partial charge in [-0.2, -0.15) is 13.2 Å². The molecule has 0 aromatic heterocycles. The van der Waals surface area contributed by atoms with Crippen molar-refractivity contribution in [3.63, 3.8) is 0 Å². The summed E-state index contributed by atoms with van der Waals surface area (Å²) < 4.78 is 67.3. The van der Waals surface area contributed by atoms with Gasteiger partial charge in [0.1, 0.15) is 23.0 Å². The van der Waals surface area contributed by atoms with Gasteiger partial charge in [-0.25, -0.2) is 9.38 Å². The van der Waals surface area contributed by atoms with Crippen molar-refractivity contribution >= 4 is 29.0 Å². The molecule has 2 aliphatic heterocycles. The van der Waals surface area contributed by atoms with E-state index < -0.39 is 36.0 Å². The molecule has 3 aromatic rings. The number of piperazine rings is 1. The van der Waals surface area contributed by atoms with E-state index in [9.17, 15) is 23.1 Å². The molecule has 1 fully saturated rings. The van der Waals surface area contributed by atoms with E-state index in [0.717, 1.165) is 17.8 Å². The number of rotatable bonds is 6. The van der Waals surface area contributed by atoms with E-state index in [0.29, 0.717) is 31.9 Å². The Morgan fingerprint density at radius 2 is 1.68 bits per heavy atom. The minimum atomic E-state index is -4.66. The molecule has 2 aliphatic rings. The van der Waals surface area contributed by atoms with Gasteiger partial charge in [-0.3, -0.25) is 4.79 Å². The third-order valence-corrected chi connectivity index (χ3v) is 7.23. The molecule has 0 saturated carbocycles. The molecular weight excluding hydrogens is 544 g/mol. The smallest absolute Gasteiger partial charge is 0.416 e. The van der Waals surface area contributed by atoms with Crippen LogP contribution in [0, 0.1) is 5.82 Å². The first-order valence-electron chi connectivity index (χ1n) is 12.9. The Hall–Kier alpha value is -4.48. The van der Waals surface area contributed by atoms with Gasteiger partial charge in [0, 0.05) is 43.5 Å². The van der Waals surface area contributed by atoms with Gasteiger partial charge in [0.15, 0.2) is 0 Å². The van der Waals surface area contributed by atoms with E-state index in [1.165, 1.54) is 30.2 Å². The zero-order valence-corrected chi connectivity index (χ0v) is 22.4. The zero-order valence-electron chi connectivity index (χ0n) is 22.4. The van der Waals surface area contributed by atoms with Gasteiger partial charge < -0.3 is 29.3 Å². The highest BCUT2D eigenvalue weighted by atomic mass is 19.4. The van der Waals surface area contributed by atoms with Crippen LogP contribution in [0.2, 0.25) is 0 Å². The molecule has 216 valence electrons. The molecule has 8 nitrogen and oxygen atoms in total. The normalized spacial score (nSPS) is 17.2. The molecule has 2 heterocycles. The molecule has 1 saturated heterocycles. The van der Waals surface area contributed by atoms with Crippen LogP contribution in [0.3, 0.4) is 0 Å². The highest BCUT2D eigenvalue weighted by Gasteiger charge is 2.40. The third-order valence-electron chi connectivity index (χ3n) is 7.23. The lowest BCUT2D eigenvalue weighted by atomic mass is 9.96. The van der Waals surface area contributed by atoms with Crippen molar-refractivity contribution in [2.45, 2.75) is 18.6 Å². The number of para-hydroxylation sites is 1. The number of methoxy groups -OCH3 is 2. The fourth-order valence-electron chi connectivity index (χ4n) is 5.24. The number of carboxylic acids is 1. The first-order chi connectivity index (χ1) is 19.6. The van der Waals surface area contributed by atoms with Gasteiger partial charge in [-0.1, -0.05) is 18.2 Å². The summed E-state index contributed by atoms with van der Waals surface area (Å²) in [5.41, 5.74) is 0.204. The Labute approximate surface area is 234 Å². The summed E-state index contributed by atoms with van der Waals surface area (Å²) >= 11 is 0. The number of alkyl halides is 3. The molecule has 12 heteroatoms. The summed E-state index contributed by atoms with van der Waals surface area (Å²) in [7, 11) is 2.90. The van der Waals surface area contributed by atoms with Crippen molar-refractivity contribution in [1.29, 1.82) is 0 Å². The standard InChI is InChI=1S/C29H28F4N4O4/c1-40-20-6-3-5-19(16-20)35-11-13-36(14-12-35)28-34-27-21(7-4-8-22(27)30)23(17-26(38)39)37(28)24-15-18(29(31,32)33)9-10-25(24)41-2/h3-10,15-16,23H,11-14,17H2,1-2H3,(H,38,39)/t23-/m1/s1. The predicted molar refractivity (Wildman–Crippen MR) is 146 cm³/mol. The molecule has 3 aromatic carbocycles. The number of halogens is 4.